The number of nitrogens with one attached hydrogen (secondary N) is 1. The van der Waals surface area contributed by atoms with E-state index in [2.05, 4.69) is 72.6 Å². The molecule has 0 aromatic heterocycles. The number of benzene rings is 3. The second-order valence-electron chi connectivity index (χ2n) is 9.75. The molecule has 3 N–H and O–H groups in total. The van der Waals surface area contributed by atoms with E-state index in [1.165, 1.54) is 34.9 Å². The Morgan fingerprint density at radius 3 is 1.92 bits per heavy atom. The largest absolute Gasteiger partial charge is 0.394 e. The van der Waals surface area contributed by atoms with Gasteiger partial charge in [-0.25, -0.2) is 0 Å². The van der Waals surface area contributed by atoms with Crippen LogP contribution in [0, 0.1) is 10.1 Å². The molecule has 3 aromatic rings. The van der Waals surface area contributed by atoms with Crippen LogP contribution in [0.2, 0.25) is 0 Å². The number of amides is 1. The van der Waals surface area contributed by atoms with Crippen molar-refractivity contribution in [3.63, 3.8) is 0 Å². The van der Waals surface area contributed by atoms with Crippen molar-refractivity contribution < 1.29 is 19.9 Å². The minimum Gasteiger partial charge on any atom is -0.394 e. The number of hydrogen-bond donors (Lipinski definition) is 3. The zero-order chi connectivity index (χ0) is 27.4. The molecule has 0 heterocycles. The maximum Gasteiger partial charge on any atom is 0.269 e. The number of carbonyl (C=O) groups is 1. The lowest BCUT2D eigenvalue weighted by Gasteiger charge is -2.23. The van der Waals surface area contributed by atoms with Gasteiger partial charge in [-0.15, -0.1) is 0 Å². The molecular formula is C30H38N2O5P+. The molecule has 0 radical (unpaired) electrons. The van der Waals surface area contributed by atoms with Crippen molar-refractivity contribution in [2.45, 2.75) is 50.7 Å². The standard InChI is InChI=1S/C30H37N2O5P/c1-38(26-13-7-5-8-14-26,27-15-9-6-10-16-27)22-12-4-2-3-11-17-29(34)31-28(23-33)30(35)24-18-20-25(21-19-24)32(36)37/h5-10,13-16,18-21,28,30,33,35H,2-4,11-12,17,22-23H2,1H3/p+1/t28-,30-/m1/s1. The lowest BCUT2D eigenvalue weighted by Crippen LogP contribution is -2.41. The molecule has 3 aromatic carbocycles. The quantitative estimate of drug-likeness (QED) is 0.112. The van der Waals surface area contributed by atoms with Gasteiger partial charge in [0.25, 0.3) is 5.69 Å². The first-order valence-electron chi connectivity index (χ1n) is 13.1. The van der Waals surface area contributed by atoms with Gasteiger partial charge in [0.05, 0.1) is 48.3 Å². The van der Waals surface area contributed by atoms with E-state index in [0.29, 0.717) is 12.0 Å². The Labute approximate surface area is 225 Å². The van der Waals surface area contributed by atoms with E-state index in [9.17, 15) is 25.1 Å². The summed E-state index contributed by atoms with van der Waals surface area (Å²) in [5.41, 5.74) is 0.313. The minimum atomic E-state index is -1.45. The van der Waals surface area contributed by atoms with Gasteiger partial charge in [-0.1, -0.05) is 49.2 Å². The molecule has 0 aliphatic heterocycles. The molecule has 38 heavy (non-hydrogen) atoms. The first kappa shape index (κ1) is 29.4. The van der Waals surface area contributed by atoms with E-state index >= 15 is 0 Å². The van der Waals surface area contributed by atoms with Crippen LogP contribution in [0.4, 0.5) is 5.69 Å². The summed E-state index contributed by atoms with van der Waals surface area (Å²) < 4.78 is 0. The SMILES string of the molecule is C[P+](CCCCCCCC(=O)N[C@H](CO)[C@H](O)c1ccc([N+](=O)[O-])cc1)(c1ccccc1)c1ccccc1. The fourth-order valence-electron chi connectivity index (χ4n) is 4.69. The third-order valence-electron chi connectivity index (χ3n) is 7.03. The van der Waals surface area contributed by atoms with E-state index in [1.807, 2.05) is 0 Å². The highest BCUT2D eigenvalue weighted by Gasteiger charge is 2.36. The van der Waals surface area contributed by atoms with Gasteiger partial charge in [0.15, 0.2) is 0 Å². The highest BCUT2D eigenvalue weighted by molar-refractivity contribution is 7.88. The van der Waals surface area contributed by atoms with Crippen LogP contribution in [0.1, 0.15) is 50.2 Å². The highest BCUT2D eigenvalue weighted by Crippen LogP contribution is 2.53. The maximum absolute atomic E-state index is 12.4. The molecule has 202 valence electrons. The molecule has 8 heteroatoms. The van der Waals surface area contributed by atoms with Crippen molar-refractivity contribution in [1.82, 2.24) is 5.32 Å². The van der Waals surface area contributed by atoms with Crippen molar-refractivity contribution in [2.75, 3.05) is 19.4 Å². The number of nitro groups is 1. The van der Waals surface area contributed by atoms with Crippen LogP contribution >= 0.6 is 7.26 Å². The van der Waals surface area contributed by atoms with Crippen molar-refractivity contribution >= 4 is 29.5 Å². The van der Waals surface area contributed by atoms with E-state index in [-0.39, 0.29) is 11.6 Å². The lowest BCUT2D eigenvalue weighted by atomic mass is 10.0. The molecule has 1 amide bonds. The first-order valence-corrected chi connectivity index (χ1v) is 15.6. The van der Waals surface area contributed by atoms with Gasteiger partial charge in [0.2, 0.25) is 5.91 Å². The third-order valence-corrected chi connectivity index (χ3v) is 11.1. The average molecular weight is 538 g/mol. The van der Waals surface area contributed by atoms with Crippen LogP contribution in [0.15, 0.2) is 84.9 Å². The van der Waals surface area contributed by atoms with Gasteiger partial charge in [0.1, 0.15) is 6.10 Å². The van der Waals surface area contributed by atoms with Crippen LogP contribution < -0.4 is 15.9 Å². The molecule has 0 fully saturated rings. The topological polar surface area (TPSA) is 113 Å². The van der Waals surface area contributed by atoms with Crippen molar-refractivity contribution in [3.8, 4) is 0 Å². The second kappa shape index (κ2) is 14.7. The fourth-order valence-corrected chi connectivity index (χ4v) is 8.03. The molecule has 0 saturated heterocycles. The zero-order valence-electron chi connectivity index (χ0n) is 21.9. The van der Waals surface area contributed by atoms with Gasteiger partial charge in [-0.2, -0.15) is 0 Å². The Hall–Kier alpha value is -3.12. The number of nitro benzene ring substituents is 1. The van der Waals surface area contributed by atoms with E-state index in [0.717, 1.165) is 38.3 Å². The molecule has 0 unspecified atom stereocenters. The van der Waals surface area contributed by atoms with Crippen LogP contribution in [-0.2, 0) is 4.79 Å². The Bertz CT molecular complexity index is 1100. The summed E-state index contributed by atoms with van der Waals surface area (Å²) >= 11 is 0. The van der Waals surface area contributed by atoms with E-state index < -0.39 is 30.9 Å². The second-order valence-corrected chi connectivity index (χ2v) is 13.6. The normalized spacial score (nSPS) is 13.0. The average Bonchev–Trinajstić information content (AvgIpc) is 2.95. The monoisotopic (exact) mass is 537 g/mol. The smallest absolute Gasteiger partial charge is 0.269 e. The molecule has 2 atom stereocenters. The fraction of sp³-hybridized carbons (Fsp3) is 0.367. The van der Waals surface area contributed by atoms with E-state index in [4.69, 9.17) is 0 Å². The minimum absolute atomic E-state index is 0.0860. The number of nitrogens with zero attached hydrogens (tertiary/aromatic N) is 1. The van der Waals surface area contributed by atoms with Gasteiger partial charge in [0, 0.05) is 18.6 Å². The van der Waals surface area contributed by atoms with E-state index in [1.54, 1.807) is 0 Å². The number of hydrogen-bond acceptors (Lipinski definition) is 5. The first-order chi connectivity index (χ1) is 18.3. The molecule has 0 spiro atoms. The molecule has 0 saturated carbocycles. The summed E-state index contributed by atoms with van der Waals surface area (Å²) in [5, 5.41) is 36.5. The number of aliphatic hydroxyl groups excluding tert-OH is 2. The lowest BCUT2D eigenvalue weighted by molar-refractivity contribution is -0.384. The van der Waals surface area contributed by atoms with Crippen molar-refractivity contribution in [2.24, 2.45) is 0 Å². The predicted octanol–water partition coefficient (Wildman–Crippen LogP) is 4.74. The van der Waals surface area contributed by atoms with Crippen LogP contribution in [-0.4, -0.2) is 46.5 Å². The van der Waals surface area contributed by atoms with Crippen molar-refractivity contribution in [3.05, 3.63) is 101 Å². The van der Waals surface area contributed by atoms with Crippen LogP contribution in [0.25, 0.3) is 0 Å². The molecular weight excluding hydrogens is 499 g/mol. The number of unbranched alkanes of at least 4 members (excludes halogenated alkanes) is 4. The number of carbonyl (C=O) groups excluding carboxylic acids is 1. The van der Waals surface area contributed by atoms with Gasteiger partial charge < -0.3 is 15.5 Å². The molecule has 0 bridgehead atoms. The Kier molecular flexibility index (Phi) is 11.4. The molecule has 3 rings (SSSR count). The zero-order valence-corrected chi connectivity index (χ0v) is 22.8. The number of non-ortho nitro benzene ring substituents is 1. The Balaban J connectivity index is 1.40. The van der Waals surface area contributed by atoms with Gasteiger partial charge in [-0.05, 0) is 61.2 Å². The van der Waals surface area contributed by atoms with Gasteiger partial charge in [-0.3, -0.25) is 14.9 Å². The van der Waals surface area contributed by atoms with Gasteiger partial charge >= 0.3 is 0 Å². The Morgan fingerprint density at radius 1 is 0.868 bits per heavy atom. The maximum atomic E-state index is 12.4. The molecule has 0 aliphatic rings. The summed E-state index contributed by atoms with van der Waals surface area (Å²) in [5.74, 6) is -0.225. The molecule has 0 aliphatic carbocycles. The summed E-state index contributed by atoms with van der Waals surface area (Å²) in [7, 11) is -1.45. The summed E-state index contributed by atoms with van der Waals surface area (Å²) in [6, 6.07) is 26.2. The summed E-state index contributed by atoms with van der Waals surface area (Å²) in [6.07, 6.45) is 5.28. The number of rotatable bonds is 15. The van der Waals surface area contributed by atoms with Crippen LogP contribution in [0.5, 0.6) is 0 Å². The van der Waals surface area contributed by atoms with Crippen molar-refractivity contribution in [1.29, 1.82) is 0 Å². The number of aliphatic hydroxyl groups is 2. The predicted molar refractivity (Wildman–Crippen MR) is 155 cm³/mol. The third kappa shape index (κ3) is 8.19. The summed E-state index contributed by atoms with van der Waals surface area (Å²) in [6.45, 7) is 1.99. The molecule has 7 nitrogen and oxygen atoms in total. The van der Waals surface area contributed by atoms with Crippen LogP contribution in [0.3, 0.4) is 0 Å². The highest BCUT2D eigenvalue weighted by atomic mass is 31.2. The summed E-state index contributed by atoms with van der Waals surface area (Å²) in [4.78, 5) is 22.7. The Morgan fingerprint density at radius 2 is 1.39 bits per heavy atom.